The maximum Gasteiger partial charge on any atom is 0.263 e. The minimum absolute atomic E-state index is 0.474. The molecule has 0 radical (unpaired) electrons. The highest BCUT2D eigenvalue weighted by molar-refractivity contribution is 6.21. The van der Waals surface area contributed by atoms with Crippen molar-refractivity contribution in [2.24, 2.45) is 21.1 Å². The van der Waals surface area contributed by atoms with Crippen LogP contribution in [0.15, 0.2) is 237 Å². The molecule has 0 amide bonds. The SMILES string of the molecule is Cc1cc(-c2c(C(C)C)cccc2C(C)C)cc(-[n+]2ccn(-c3ccccc3)c2C)c1C.Cc1cc(-c2c(C(C)C)cccc2C(C)C)cc(-n2c(C)[n+](C)c3ccccc32)c1C.Cc1cc(-c2c(C(C)C)cccc2C(C)C)cc(-n2cc[n+](C)c2C)c1C.Cc1cccc(-n2c3ccccc3c3c4ccccc4n(C)c32)c1C. The molecular weight excluding hydrogens is 1400 g/mol. The second kappa shape index (κ2) is 33.6. The first kappa shape index (κ1) is 81.7. The highest BCUT2D eigenvalue weighted by atomic mass is 15.2. The summed E-state index contributed by atoms with van der Waals surface area (Å²) in [4.78, 5) is 0. The molecular formula is C107H123N8+3. The molecule has 8 nitrogen and oxygen atoms in total. The van der Waals surface area contributed by atoms with Crippen LogP contribution in [-0.4, -0.2) is 22.8 Å². The molecule has 16 aromatic rings. The van der Waals surface area contributed by atoms with E-state index in [4.69, 9.17) is 0 Å². The predicted molar refractivity (Wildman–Crippen MR) is 489 cm³/mol. The first-order chi connectivity index (χ1) is 54.9. The monoisotopic (exact) mass is 1520 g/mol. The van der Waals surface area contributed by atoms with Gasteiger partial charge in [-0.15, -0.1) is 0 Å². The maximum absolute atomic E-state index is 2.42. The third-order valence-electron chi connectivity index (χ3n) is 24.9. The Balaban J connectivity index is 0.000000134. The number of fused-ring (bicyclic) bond motifs is 6. The molecule has 8 heteroatoms. The molecule has 0 spiro atoms. The van der Waals surface area contributed by atoms with E-state index in [9.17, 15) is 0 Å². The van der Waals surface area contributed by atoms with Gasteiger partial charge in [-0.1, -0.05) is 235 Å². The second-order valence-electron chi connectivity index (χ2n) is 34.2. The summed E-state index contributed by atoms with van der Waals surface area (Å²) in [5.74, 6) is 6.56. The van der Waals surface area contributed by atoms with Gasteiger partial charge in [-0.3, -0.25) is 4.57 Å². The predicted octanol–water partition coefficient (Wildman–Crippen LogP) is 26.9. The van der Waals surface area contributed by atoms with Gasteiger partial charge in [-0.05, 0) is 263 Å². The zero-order chi connectivity index (χ0) is 82.4. The Kier molecular flexibility index (Phi) is 23.9. The third-order valence-corrected chi connectivity index (χ3v) is 24.9. The Bertz CT molecular complexity index is 6200. The van der Waals surface area contributed by atoms with Crippen molar-refractivity contribution in [3.8, 4) is 61.8 Å². The summed E-state index contributed by atoms with van der Waals surface area (Å²) in [7, 11) is 6.43. The van der Waals surface area contributed by atoms with Crippen LogP contribution in [0, 0.1) is 76.2 Å². The number of hydrogen-bond donors (Lipinski definition) is 0. The van der Waals surface area contributed by atoms with Gasteiger partial charge in [-0.2, -0.15) is 18.3 Å². The van der Waals surface area contributed by atoms with Crippen molar-refractivity contribution in [3.63, 3.8) is 0 Å². The van der Waals surface area contributed by atoms with Crippen molar-refractivity contribution in [3.05, 3.63) is 332 Å². The first-order valence-corrected chi connectivity index (χ1v) is 41.8. The minimum Gasteiger partial charge on any atom is -0.329 e. The average Bonchev–Trinajstić information content (AvgIpc) is 1.55. The van der Waals surface area contributed by atoms with Gasteiger partial charge in [0.15, 0.2) is 11.0 Å². The fourth-order valence-corrected chi connectivity index (χ4v) is 17.6. The summed E-state index contributed by atoms with van der Waals surface area (Å²) >= 11 is 0. The lowest BCUT2D eigenvalue weighted by molar-refractivity contribution is -0.677. The molecule has 5 aromatic heterocycles. The fraction of sp³-hybridized carbons (Fsp3) is 0.299. The molecule has 0 aliphatic carbocycles. The van der Waals surface area contributed by atoms with E-state index < -0.39 is 0 Å². The van der Waals surface area contributed by atoms with Crippen LogP contribution in [0.5, 0.6) is 0 Å². The van der Waals surface area contributed by atoms with E-state index in [0.717, 1.165) is 0 Å². The molecule has 0 fully saturated rings. The number of rotatable bonds is 14. The summed E-state index contributed by atoms with van der Waals surface area (Å²) in [6.07, 6.45) is 8.64. The Hall–Kier alpha value is -11.4. The van der Waals surface area contributed by atoms with E-state index >= 15 is 0 Å². The van der Waals surface area contributed by atoms with E-state index in [1.54, 1.807) is 0 Å². The van der Waals surface area contributed by atoms with Crippen molar-refractivity contribution in [2.75, 3.05) is 0 Å². The van der Waals surface area contributed by atoms with Gasteiger partial charge in [0.05, 0.1) is 30.8 Å². The molecule has 5 heterocycles. The van der Waals surface area contributed by atoms with E-state index in [0.29, 0.717) is 35.5 Å². The summed E-state index contributed by atoms with van der Waals surface area (Å²) < 4.78 is 18.5. The standard InChI is InChI=1S/C30H35N2.C29H35N2.C25H33N2.C23H20N2/c1-20(2)27-14-11-15-28(21(3)4)30(27)25-18-22(5)23(6)29(19-25)32-17-16-31(24(32)7)26-12-9-8-10-13-26;1-18(2)24-12-11-13-25(19(3)4)29(24)23-16-20(5)21(6)28(17-23)31-22(7)30(8)26-14-9-10-15-27(26)31;1-16(2)22-10-9-11-23(17(3)4)25(22)21-14-18(5)19(6)24(15-21)27-13-12-26(8)20(27)7;1-15-9-8-14-19(16(15)2)25-21-13-7-5-11-18(21)22-17-10-4-6-12-20(17)24(3)23(22)25/h8-21H,1-7H3;9-19H,1-8H3;9-17H,1-8H3;4-14H,1-3H3/q3*+1;. The third kappa shape index (κ3) is 15.4. The van der Waals surface area contributed by atoms with Crippen LogP contribution in [0.2, 0.25) is 0 Å². The Labute approximate surface area is 686 Å². The largest absolute Gasteiger partial charge is 0.329 e. The molecule has 0 aliphatic rings. The Morgan fingerprint density at radius 2 is 0.722 bits per heavy atom. The van der Waals surface area contributed by atoms with Crippen LogP contribution >= 0.6 is 0 Å². The summed E-state index contributed by atoms with van der Waals surface area (Å²) in [5, 5.41) is 3.98. The van der Waals surface area contributed by atoms with Crippen molar-refractivity contribution >= 4 is 43.9 Å². The van der Waals surface area contributed by atoms with Crippen molar-refractivity contribution in [2.45, 2.75) is 195 Å². The zero-order valence-corrected chi connectivity index (χ0v) is 73.6. The lowest BCUT2D eigenvalue weighted by Crippen LogP contribution is -2.33. The molecule has 16 rings (SSSR count). The van der Waals surface area contributed by atoms with Crippen LogP contribution in [0.25, 0.3) is 106 Å². The van der Waals surface area contributed by atoms with E-state index in [1.807, 2.05) is 0 Å². The number of aromatic nitrogens is 8. The van der Waals surface area contributed by atoms with Gasteiger partial charge in [0.2, 0.25) is 0 Å². The normalized spacial score (nSPS) is 11.7. The van der Waals surface area contributed by atoms with Crippen LogP contribution in [0.1, 0.15) is 214 Å². The number of benzene rings is 11. The number of para-hydroxylation sites is 5. The molecule has 0 aliphatic heterocycles. The summed E-state index contributed by atoms with van der Waals surface area (Å²) in [6, 6.07) is 78.0. The molecule has 0 bridgehead atoms. The number of aryl methyl sites for hydroxylation is 7. The number of hydrogen-bond acceptors (Lipinski definition) is 0. The van der Waals surface area contributed by atoms with Crippen molar-refractivity contribution in [1.82, 2.24) is 22.8 Å². The van der Waals surface area contributed by atoms with Gasteiger partial charge < -0.3 is 4.57 Å². The van der Waals surface area contributed by atoms with Gasteiger partial charge in [0.25, 0.3) is 17.5 Å². The van der Waals surface area contributed by atoms with Gasteiger partial charge >= 0.3 is 0 Å². The highest BCUT2D eigenvalue weighted by Gasteiger charge is 2.29. The second-order valence-corrected chi connectivity index (χ2v) is 34.2. The topological polar surface area (TPSA) is 36.3 Å². The lowest BCUT2D eigenvalue weighted by Gasteiger charge is -2.21. The van der Waals surface area contributed by atoms with Crippen LogP contribution in [-0.2, 0) is 21.1 Å². The van der Waals surface area contributed by atoms with E-state index in [1.165, 1.54) is 201 Å². The molecule has 0 saturated carbocycles. The molecule has 115 heavy (non-hydrogen) atoms. The minimum atomic E-state index is 0.474. The zero-order valence-electron chi connectivity index (χ0n) is 73.6. The number of imidazole rings is 3. The van der Waals surface area contributed by atoms with Crippen LogP contribution in [0.3, 0.4) is 0 Å². The molecule has 0 atom stereocenters. The lowest BCUT2D eigenvalue weighted by atomic mass is 9.84. The van der Waals surface area contributed by atoms with E-state index in [2.05, 4.69) is 454 Å². The molecule has 0 saturated heterocycles. The highest BCUT2D eigenvalue weighted by Crippen LogP contribution is 2.44. The molecule has 0 N–H and O–H groups in total. The average molecular weight is 1520 g/mol. The Morgan fingerprint density at radius 3 is 1.22 bits per heavy atom. The quantitative estimate of drug-likeness (QED) is 0.0973. The van der Waals surface area contributed by atoms with Gasteiger partial charge in [0.1, 0.15) is 53.2 Å². The first-order valence-electron chi connectivity index (χ1n) is 41.8. The molecule has 11 aromatic carbocycles. The van der Waals surface area contributed by atoms with Crippen LogP contribution in [0.4, 0.5) is 0 Å². The molecule has 0 unspecified atom stereocenters. The Morgan fingerprint density at radius 1 is 0.313 bits per heavy atom. The van der Waals surface area contributed by atoms with Gasteiger partial charge in [-0.25, -0.2) is 9.13 Å². The summed E-state index contributed by atoms with van der Waals surface area (Å²) in [6.45, 7) is 51.9. The maximum atomic E-state index is 2.42. The van der Waals surface area contributed by atoms with Gasteiger partial charge in [0, 0.05) is 44.0 Å². The van der Waals surface area contributed by atoms with Crippen molar-refractivity contribution in [1.29, 1.82) is 0 Å². The van der Waals surface area contributed by atoms with Crippen molar-refractivity contribution < 1.29 is 13.7 Å². The smallest absolute Gasteiger partial charge is 0.263 e. The van der Waals surface area contributed by atoms with E-state index in [-0.39, 0.29) is 0 Å². The molecule has 588 valence electrons. The number of nitrogens with zero attached hydrogens (tertiary/aromatic N) is 8. The fourth-order valence-electron chi connectivity index (χ4n) is 17.6. The summed E-state index contributed by atoms with van der Waals surface area (Å²) in [5.41, 5.74) is 40.0. The van der Waals surface area contributed by atoms with Crippen LogP contribution < -0.4 is 13.7 Å².